The van der Waals surface area contributed by atoms with Crippen molar-refractivity contribution >= 4 is 11.6 Å². The molecule has 3 rings (SSSR count). The van der Waals surface area contributed by atoms with E-state index in [1.54, 1.807) is 0 Å². The number of amides is 1. The Morgan fingerprint density at radius 3 is 2.44 bits per heavy atom. The molecular weight excluding hydrogens is 312 g/mol. The Bertz CT molecular complexity index is 713. The van der Waals surface area contributed by atoms with Gasteiger partial charge in [0.1, 0.15) is 12.4 Å². The van der Waals surface area contributed by atoms with E-state index in [4.69, 9.17) is 4.74 Å². The molecule has 0 aliphatic heterocycles. The van der Waals surface area contributed by atoms with E-state index >= 15 is 0 Å². The molecule has 1 fully saturated rings. The molecule has 1 aliphatic rings. The molecule has 2 aromatic rings. The zero-order chi connectivity index (χ0) is 17.5. The van der Waals surface area contributed by atoms with Crippen molar-refractivity contribution in [2.45, 2.75) is 39.2 Å². The van der Waals surface area contributed by atoms with Gasteiger partial charge in [-0.05, 0) is 61.4 Å². The first-order chi connectivity index (χ1) is 12.2. The van der Waals surface area contributed by atoms with Crippen LogP contribution in [0.1, 0.15) is 48.5 Å². The van der Waals surface area contributed by atoms with E-state index in [0.717, 1.165) is 48.6 Å². The summed E-state index contributed by atoms with van der Waals surface area (Å²) in [6.45, 7) is 2.74. The summed E-state index contributed by atoms with van der Waals surface area (Å²) in [4.78, 5) is 12.2. The Hall–Kier alpha value is -2.62. The van der Waals surface area contributed by atoms with Crippen molar-refractivity contribution in [1.29, 1.82) is 0 Å². The highest BCUT2D eigenvalue weighted by Crippen LogP contribution is 2.21. The van der Waals surface area contributed by atoms with Gasteiger partial charge in [0.15, 0.2) is 0 Å². The molecule has 0 aromatic heterocycles. The maximum atomic E-state index is 12.2. The third-order valence-electron chi connectivity index (χ3n) is 4.53. The topological polar surface area (TPSA) is 50.7 Å². The van der Waals surface area contributed by atoms with Gasteiger partial charge in [-0.1, -0.05) is 37.3 Å². The highest BCUT2D eigenvalue weighted by Gasteiger charge is 2.14. The number of benzene rings is 2. The van der Waals surface area contributed by atoms with Crippen molar-refractivity contribution in [1.82, 2.24) is 5.43 Å². The molecule has 1 saturated carbocycles. The normalized spacial score (nSPS) is 17.0. The van der Waals surface area contributed by atoms with Crippen LogP contribution in [-0.2, 0) is 6.61 Å². The predicted molar refractivity (Wildman–Crippen MR) is 99.7 cm³/mol. The second kappa shape index (κ2) is 8.47. The van der Waals surface area contributed by atoms with Gasteiger partial charge < -0.3 is 4.74 Å². The van der Waals surface area contributed by atoms with E-state index < -0.39 is 0 Å². The van der Waals surface area contributed by atoms with Crippen molar-refractivity contribution in [3.8, 4) is 5.75 Å². The Morgan fingerprint density at radius 2 is 1.76 bits per heavy atom. The molecule has 0 spiro atoms. The minimum absolute atomic E-state index is 0.165. The Kier molecular flexibility index (Phi) is 5.83. The first-order valence-electron chi connectivity index (χ1n) is 8.83. The van der Waals surface area contributed by atoms with Crippen molar-refractivity contribution < 1.29 is 9.53 Å². The third-order valence-corrected chi connectivity index (χ3v) is 4.53. The van der Waals surface area contributed by atoms with Gasteiger partial charge in [-0.25, -0.2) is 5.43 Å². The predicted octanol–water partition coefficient (Wildman–Crippen LogP) is 4.56. The van der Waals surface area contributed by atoms with E-state index in [2.05, 4.69) is 17.5 Å². The van der Waals surface area contributed by atoms with Gasteiger partial charge in [0.2, 0.25) is 0 Å². The number of carbonyl (C=O) groups excluding carboxylic acids is 1. The Labute approximate surface area is 148 Å². The molecule has 0 saturated heterocycles. The van der Waals surface area contributed by atoms with Gasteiger partial charge in [0.05, 0.1) is 0 Å². The van der Waals surface area contributed by atoms with Gasteiger partial charge in [-0.15, -0.1) is 0 Å². The third kappa shape index (κ3) is 5.18. The summed E-state index contributed by atoms with van der Waals surface area (Å²) in [6, 6.07) is 17.1. The standard InChI is InChI=1S/C21H24N2O2/c1-16-7-13-19(14-8-16)22-23-21(24)18-11-9-17(10-12-18)15-25-20-5-3-2-4-6-20/h2-6,9-12,16H,7-8,13-15H2,1H3,(H,23,24). The van der Waals surface area contributed by atoms with Crippen LogP contribution in [0.3, 0.4) is 0 Å². The highest BCUT2D eigenvalue weighted by molar-refractivity contribution is 5.95. The fourth-order valence-electron chi connectivity index (χ4n) is 2.84. The largest absolute Gasteiger partial charge is 0.489 e. The van der Waals surface area contributed by atoms with Crippen LogP contribution >= 0.6 is 0 Å². The molecule has 4 nitrogen and oxygen atoms in total. The molecule has 1 aliphatic carbocycles. The van der Waals surface area contributed by atoms with Gasteiger partial charge in [0, 0.05) is 11.3 Å². The van der Waals surface area contributed by atoms with Crippen LogP contribution in [0.2, 0.25) is 0 Å². The summed E-state index contributed by atoms with van der Waals surface area (Å²) in [5.41, 5.74) is 5.40. The van der Waals surface area contributed by atoms with Crippen LogP contribution in [0.4, 0.5) is 0 Å². The average molecular weight is 336 g/mol. The molecule has 1 N–H and O–H groups in total. The first-order valence-corrected chi connectivity index (χ1v) is 8.83. The molecule has 0 bridgehead atoms. The van der Waals surface area contributed by atoms with Crippen molar-refractivity contribution in [2.75, 3.05) is 0 Å². The number of hydrazone groups is 1. The van der Waals surface area contributed by atoms with Crippen LogP contribution in [0, 0.1) is 5.92 Å². The zero-order valence-corrected chi connectivity index (χ0v) is 14.6. The van der Waals surface area contributed by atoms with E-state index in [0.29, 0.717) is 12.2 Å². The summed E-state index contributed by atoms with van der Waals surface area (Å²) in [5, 5.41) is 4.28. The molecule has 0 radical (unpaired) electrons. The fraction of sp³-hybridized carbons (Fsp3) is 0.333. The molecule has 1 amide bonds. The first kappa shape index (κ1) is 17.2. The maximum absolute atomic E-state index is 12.2. The number of nitrogens with one attached hydrogen (secondary N) is 1. The number of hydrogen-bond donors (Lipinski definition) is 1. The van der Waals surface area contributed by atoms with E-state index in [9.17, 15) is 4.79 Å². The number of nitrogens with zero attached hydrogens (tertiary/aromatic N) is 1. The van der Waals surface area contributed by atoms with Crippen LogP contribution in [0.25, 0.3) is 0 Å². The van der Waals surface area contributed by atoms with E-state index in [1.807, 2.05) is 54.6 Å². The molecule has 130 valence electrons. The fourth-order valence-corrected chi connectivity index (χ4v) is 2.84. The van der Waals surface area contributed by atoms with E-state index in [-0.39, 0.29) is 5.91 Å². The van der Waals surface area contributed by atoms with Crippen LogP contribution in [0.5, 0.6) is 5.75 Å². The summed E-state index contributed by atoms with van der Waals surface area (Å²) in [6.07, 6.45) is 4.28. The minimum Gasteiger partial charge on any atom is -0.489 e. The summed E-state index contributed by atoms with van der Waals surface area (Å²) in [7, 11) is 0. The second-order valence-corrected chi connectivity index (χ2v) is 6.60. The van der Waals surface area contributed by atoms with Gasteiger partial charge in [0.25, 0.3) is 5.91 Å². The second-order valence-electron chi connectivity index (χ2n) is 6.60. The van der Waals surface area contributed by atoms with Gasteiger partial charge in [-0.2, -0.15) is 5.10 Å². The zero-order valence-electron chi connectivity index (χ0n) is 14.6. The van der Waals surface area contributed by atoms with Crippen LogP contribution < -0.4 is 10.2 Å². The number of carbonyl (C=O) groups is 1. The lowest BCUT2D eigenvalue weighted by Gasteiger charge is -2.18. The molecule has 0 heterocycles. The van der Waals surface area contributed by atoms with Crippen molar-refractivity contribution in [3.05, 3.63) is 65.7 Å². The van der Waals surface area contributed by atoms with Crippen LogP contribution in [0.15, 0.2) is 59.7 Å². The van der Waals surface area contributed by atoms with Gasteiger partial charge >= 0.3 is 0 Å². The molecule has 0 atom stereocenters. The molecule has 2 aromatic carbocycles. The average Bonchev–Trinajstić information content (AvgIpc) is 2.67. The highest BCUT2D eigenvalue weighted by atomic mass is 16.5. The monoisotopic (exact) mass is 336 g/mol. The minimum atomic E-state index is -0.165. The number of rotatable bonds is 5. The van der Waals surface area contributed by atoms with Gasteiger partial charge in [-0.3, -0.25) is 4.79 Å². The number of hydrogen-bond acceptors (Lipinski definition) is 3. The molecule has 0 unspecified atom stereocenters. The Balaban J connectivity index is 1.51. The maximum Gasteiger partial charge on any atom is 0.271 e. The lowest BCUT2D eigenvalue weighted by atomic mass is 9.90. The molecule has 4 heteroatoms. The lowest BCUT2D eigenvalue weighted by molar-refractivity contribution is 0.0954. The van der Waals surface area contributed by atoms with Crippen molar-refractivity contribution in [2.24, 2.45) is 11.0 Å². The van der Waals surface area contributed by atoms with Crippen molar-refractivity contribution in [3.63, 3.8) is 0 Å². The lowest BCUT2D eigenvalue weighted by Crippen LogP contribution is -2.21. The number of para-hydroxylation sites is 1. The molecule has 25 heavy (non-hydrogen) atoms. The smallest absolute Gasteiger partial charge is 0.271 e. The quantitative estimate of drug-likeness (QED) is 0.814. The number of ether oxygens (including phenoxy) is 1. The summed E-state index contributed by atoms with van der Waals surface area (Å²) < 4.78 is 5.71. The Morgan fingerprint density at radius 1 is 1.08 bits per heavy atom. The van der Waals surface area contributed by atoms with E-state index in [1.165, 1.54) is 0 Å². The SMILES string of the molecule is CC1CCC(=NNC(=O)c2ccc(COc3ccccc3)cc2)CC1. The molecular formula is C21H24N2O2. The summed E-state index contributed by atoms with van der Waals surface area (Å²) >= 11 is 0. The van der Waals surface area contributed by atoms with Crippen LogP contribution in [-0.4, -0.2) is 11.6 Å². The summed E-state index contributed by atoms with van der Waals surface area (Å²) in [5.74, 6) is 1.43.